The van der Waals surface area contributed by atoms with Crippen molar-refractivity contribution in [2.24, 2.45) is 0 Å². The van der Waals surface area contributed by atoms with E-state index in [0.717, 1.165) is 39.2 Å². The quantitative estimate of drug-likeness (QED) is 0.0726. The van der Waals surface area contributed by atoms with Crippen molar-refractivity contribution in [2.45, 2.75) is 12.0 Å². The molecule has 0 saturated carbocycles. The van der Waals surface area contributed by atoms with E-state index in [1.54, 1.807) is 10.8 Å². The van der Waals surface area contributed by atoms with Crippen LogP contribution >= 0.6 is 11.3 Å². The van der Waals surface area contributed by atoms with Gasteiger partial charge < -0.3 is 9.84 Å². The molecular weight excluding hydrogens is 641 g/mol. The number of thiazole rings is 1. The number of aromatic hydroxyl groups is 1. The largest absolute Gasteiger partial charge is 0.494 e. The van der Waals surface area contributed by atoms with Crippen LogP contribution in [-0.4, -0.2) is 22.9 Å². The van der Waals surface area contributed by atoms with Crippen molar-refractivity contribution in [3.63, 3.8) is 0 Å². The fraction of sp³-hybridized carbons (Fsp3) is 0.0930. The molecule has 0 bridgehead atoms. The van der Waals surface area contributed by atoms with E-state index in [1.165, 1.54) is 10.8 Å². The summed E-state index contributed by atoms with van der Waals surface area (Å²) in [5, 5.41) is 14.3. The van der Waals surface area contributed by atoms with Crippen molar-refractivity contribution < 1.29 is 14.7 Å². The Morgan fingerprint density at radius 1 is 0.680 bits per heavy atom. The topological polar surface area (TPSA) is 72.7 Å². The molecule has 0 unspecified atom stereocenters. The van der Waals surface area contributed by atoms with Crippen molar-refractivity contribution in [3.8, 4) is 11.6 Å². The number of fused-ring (bicyclic) bond motifs is 1. The van der Waals surface area contributed by atoms with Gasteiger partial charge in [0.15, 0.2) is 0 Å². The lowest BCUT2D eigenvalue weighted by Gasteiger charge is -2.37. The molecule has 0 saturated heterocycles. The van der Waals surface area contributed by atoms with Gasteiger partial charge in [0.1, 0.15) is 24.5 Å². The second kappa shape index (κ2) is 15.1. The van der Waals surface area contributed by atoms with E-state index in [4.69, 9.17) is 9.57 Å². The first-order valence-corrected chi connectivity index (χ1v) is 17.3. The van der Waals surface area contributed by atoms with Crippen LogP contribution in [0.1, 0.15) is 32.7 Å². The van der Waals surface area contributed by atoms with Crippen LogP contribution in [0.5, 0.6) is 11.6 Å². The molecular formula is C43H36N2O4S. The molecule has 7 rings (SSSR count). The molecule has 0 aliphatic rings. The third-order valence-electron chi connectivity index (χ3n) is 8.71. The van der Waals surface area contributed by atoms with Gasteiger partial charge in [0.25, 0.3) is 0 Å². The molecule has 2 N–H and O–H groups in total. The van der Waals surface area contributed by atoms with Crippen LogP contribution in [0.3, 0.4) is 0 Å². The Balaban J connectivity index is 1.03. The van der Waals surface area contributed by atoms with Crippen LogP contribution in [0.25, 0.3) is 16.8 Å². The summed E-state index contributed by atoms with van der Waals surface area (Å²) in [6, 6.07) is 51.9. The number of nitrogens with one attached hydrogen (secondary N) is 1. The third-order valence-corrected chi connectivity index (χ3v) is 9.64. The number of benzene rings is 6. The Morgan fingerprint density at radius 3 is 1.88 bits per heavy atom. The molecule has 248 valence electrons. The Morgan fingerprint density at radius 2 is 1.26 bits per heavy atom. The second-order valence-corrected chi connectivity index (χ2v) is 12.9. The molecule has 0 aliphatic heterocycles. The van der Waals surface area contributed by atoms with Crippen LogP contribution in [0.4, 0.5) is 0 Å². The van der Waals surface area contributed by atoms with E-state index in [9.17, 15) is 9.90 Å². The van der Waals surface area contributed by atoms with E-state index < -0.39 is 5.54 Å². The molecule has 0 amide bonds. The van der Waals surface area contributed by atoms with Gasteiger partial charge in [-0.3, -0.25) is 19.7 Å². The van der Waals surface area contributed by atoms with E-state index in [2.05, 4.69) is 35.8 Å². The Bertz CT molecular complexity index is 2150. The highest BCUT2D eigenvalue weighted by Gasteiger charge is 2.42. The molecule has 6 nitrogen and oxygen atoms in total. The highest BCUT2D eigenvalue weighted by molar-refractivity contribution is 7.09. The maximum atomic E-state index is 14.0. The number of rotatable bonds is 13. The van der Waals surface area contributed by atoms with Crippen LogP contribution in [-0.2, 0) is 16.8 Å². The molecule has 0 aliphatic carbocycles. The monoisotopic (exact) mass is 676 g/mol. The zero-order valence-corrected chi connectivity index (χ0v) is 28.1. The molecule has 1 aromatic heterocycles. The summed E-state index contributed by atoms with van der Waals surface area (Å²) in [5.41, 5.74) is 6.42. The highest BCUT2D eigenvalue weighted by Crippen LogP contribution is 2.43. The Labute approximate surface area is 295 Å². The lowest BCUT2D eigenvalue weighted by molar-refractivity contribution is 0.0484. The van der Waals surface area contributed by atoms with Gasteiger partial charge in [0, 0.05) is 12.6 Å². The number of aromatic nitrogens is 1. The van der Waals surface area contributed by atoms with E-state index >= 15 is 0 Å². The first-order valence-electron chi connectivity index (χ1n) is 16.5. The smallest absolute Gasteiger partial charge is 0.311 e. The third kappa shape index (κ3) is 6.83. The van der Waals surface area contributed by atoms with Gasteiger partial charge >= 0.3 is 4.87 Å². The molecule has 0 fully saturated rings. The van der Waals surface area contributed by atoms with Crippen molar-refractivity contribution >= 4 is 28.2 Å². The van der Waals surface area contributed by atoms with Crippen LogP contribution in [0.2, 0.25) is 0 Å². The Kier molecular flexibility index (Phi) is 9.87. The first-order chi connectivity index (χ1) is 24.6. The molecule has 0 spiro atoms. The molecule has 7 aromatic rings. The van der Waals surface area contributed by atoms with Crippen LogP contribution in [0, 0.1) is 0 Å². The predicted molar refractivity (Wildman–Crippen MR) is 202 cm³/mol. The fourth-order valence-corrected chi connectivity index (χ4v) is 7.33. The SMILES string of the molecule is O=c1sc(Cc2ccc(OCCONC=Cc3ccc4ccccc4c3)cc2)c(O)n1C(c1ccccc1)(c1ccccc1)c1ccccc1. The van der Waals surface area contributed by atoms with Gasteiger partial charge in [-0.1, -0.05) is 151 Å². The highest BCUT2D eigenvalue weighted by atomic mass is 32.1. The summed E-state index contributed by atoms with van der Waals surface area (Å²) < 4.78 is 7.42. The summed E-state index contributed by atoms with van der Waals surface area (Å²) in [6.45, 7) is 0.715. The van der Waals surface area contributed by atoms with Crippen molar-refractivity contribution in [1.29, 1.82) is 0 Å². The zero-order chi connectivity index (χ0) is 34.2. The predicted octanol–water partition coefficient (Wildman–Crippen LogP) is 8.77. The molecule has 1 heterocycles. The number of nitrogens with zero attached hydrogens (tertiary/aromatic N) is 1. The number of hydroxylamine groups is 1. The molecule has 6 aromatic carbocycles. The Hall–Kier alpha value is -5.89. The van der Waals surface area contributed by atoms with E-state index in [1.807, 2.05) is 133 Å². The minimum Gasteiger partial charge on any atom is -0.494 e. The van der Waals surface area contributed by atoms with Crippen molar-refractivity contribution in [1.82, 2.24) is 10.0 Å². The normalized spacial score (nSPS) is 11.6. The number of hydrogen-bond donors (Lipinski definition) is 2. The average molecular weight is 677 g/mol. The van der Waals surface area contributed by atoms with Gasteiger partial charge in [-0.05, 0) is 62.9 Å². The van der Waals surface area contributed by atoms with Crippen LogP contribution < -0.4 is 15.1 Å². The lowest BCUT2D eigenvalue weighted by atomic mass is 9.76. The van der Waals surface area contributed by atoms with Gasteiger partial charge in [0.05, 0.1) is 4.88 Å². The van der Waals surface area contributed by atoms with E-state index in [-0.39, 0.29) is 10.8 Å². The molecule has 50 heavy (non-hydrogen) atoms. The van der Waals surface area contributed by atoms with Gasteiger partial charge in [-0.15, -0.1) is 0 Å². The first kappa shape index (κ1) is 32.6. The van der Waals surface area contributed by atoms with E-state index in [0.29, 0.717) is 30.3 Å². The fourth-order valence-electron chi connectivity index (χ4n) is 6.38. The minimum atomic E-state index is -1.08. The maximum absolute atomic E-state index is 14.0. The van der Waals surface area contributed by atoms with Gasteiger partial charge in [0.2, 0.25) is 5.88 Å². The summed E-state index contributed by atoms with van der Waals surface area (Å²) in [5.74, 6) is 0.659. The zero-order valence-electron chi connectivity index (χ0n) is 27.3. The van der Waals surface area contributed by atoms with Crippen molar-refractivity contribution in [3.05, 3.63) is 206 Å². The molecule has 0 radical (unpaired) electrons. The molecule has 7 heteroatoms. The summed E-state index contributed by atoms with van der Waals surface area (Å²) in [6.07, 6.45) is 4.11. The minimum absolute atomic E-state index is 0.0452. The summed E-state index contributed by atoms with van der Waals surface area (Å²) in [4.78, 5) is 19.8. The second-order valence-electron chi connectivity index (χ2n) is 11.8. The van der Waals surface area contributed by atoms with Gasteiger partial charge in [-0.2, -0.15) is 0 Å². The average Bonchev–Trinajstić information content (AvgIpc) is 3.45. The standard InChI is InChI=1S/C43H36N2O4S/c46-41-40(31-32-21-24-39(25-22-32)48-28-29-49-44-27-26-33-20-23-34-12-10-11-13-35(34)30-33)50-42(47)45(41)43(36-14-4-1-5-15-36,37-16-6-2-7-17-37)38-18-8-3-9-19-38/h1-27,30,44,46H,28-29,31H2. The van der Waals surface area contributed by atoms with Crippen LogP contribution in [0.15, 0.2) is 169 Å². The maximum Gasteiger partial charge on any atom is 0.311 e. The molecule has 0 atom stereocenters. The summed E-state index contributed by atoms with van der Waals surface area (Å²) in [7, 11) is 0. The summed E-state index contributed by atoms with van der Waals surface area (Å²) >= 11 is 1.07. The number of ether oxygens (including phenoxy) is 1. The number of hydrogen-bond acceptors (Lipinski definition) is 6. The lowest BCUT2D eigenvalue weighted by Crippen LogP contribution is -2.42. The van der Waals surface area contributed by atoms with Gasteiger partial charge in [-0.25, -0.2) is 0 Å². The van der Waals surface area contributed by atoms with Crippen molar-refractivity contribution in [2.75, 3.05) is 13.2 Å².